The average Bonchev–Trinajstić information content (AvgIpc) is 3.04. The number of aromatic nitrogens is 1. The van der Waals surface area contributed by atoms with Crippen LogP contribution < -0.4 is 5.32 Å². The molecule has 26 heavy (non-hydrogen) atoms. The second-order valence-corrected chi connectivity index (χ2v) is 6.63. The molecule has 140 valence electrons. The molecule has 2 aromatic rings. The number of fused-ring (bicyclic) bond motifs is 1. The van der Waals surface area contributed by atoms with Crippen LogP contribution >= 0.6 is 0 Å². The van der Waals surface area contributed by atoms with Crippen LogP contribution in [-0.4, -0.2) is 55.0 Å². The summed E-state index contributed by atoms with van der Waals surface area (Å²) in [6, 6.07) is 7.67. The lowest BCUT2D eigenvalue weighted by atomic mass is 9.80. The summed E-state index contributed by atoms with van der Waals surface area (Å²) in [6.07, 6.45) is 2.60. The molecule has 1 aromatic carbocycles. The number of carbonyl (C=O) groups excluding carboxylic acids is 1. The molecule has 0 bridgehead atoms. The standard InChI is InChI=1S/C19H24N2O5/c1-25-11-8-21-12-15(14-4-2-3-5-16(14)21)17(22)20-13-19(18(23)24)6-9-26-10-7-19/h2-5,12H,6-11,13H2,1H3,(H,20,22)(H,23,24). The molecule has 3 rings (SSSR count). The van der Waals surface area contributed by atoms with Gasteiger partial charge >= 0.3 is 5.97 Å². The maximum atomic E-state index is 12.8. The zero-order valence-electron chi connectivity index (χ0n) is 14.9. The first-order valence-electron chi connectivity index (χ1n) is 8.73. The highest BCUT2D eigenvalue weighted by molar-refractivity contribution is 6.07. The molecule has 1 aliphatic heterocycles. The van der Waals surface area contributed by atoms with Gasteiger partial charge in [-0.25, -0.2) is 0 Å². The smallest absolute Gasteiger partial charge is 0.311 e. The van der Waals surface area contributed by atoms with Gasteiger partial charge in [-0.1, -0.05) is 18.2 Å². The molecular formula is C19H24N2O5. The zero-order chi connectivity index (χ0) is 18.6. The normalized spacial score (nSPS) is 16.5. The van der Waals surface area contributed by atoms with Crippen LogP contribution in [0, 0.1) is 5.41 Å². The molecule has 1 aromatic heterocycles. The molecule has 7 nitrogen and oxygen atoms in total. The van der Waals surface area contributed by atoms with Gasteiger partial charge in [-0.2, -0.15) is 0 Å². The van der Waals surface area contributed by atoms with E-state index in [0.29, 0.717) is 44.8 Å². The Labute approximate surface area is 151 Å². The highest BCUT2D eigenvalue weighted by Gasteiger charge is 2.40. The highest BCUT2D eigenvalue weighted by Crippen LogP contribution is 2.30. The Morgan fingerprint density at radius 2 is 2.04 bits per heavy atom. The maximum absolute atomic E-state index is 12.8. The predicted octanol–water partition coefficient (Wildman–Crippen LogP) is 1.90. The van der Waals surface area contributed by atoms with Gasteiger partial charge in [-0.15, -0.1) is 0 Å². The minimum Gasteiger partial charge on any atom is -0.481 e. The Hall–Kier alpha value is -2.38. The summed E-state index contributed by atoms with van der Waals surface area (Å²) in [6.45, 7) is 2.08. The van der Waals surface area contributed by atoms with Crippen LogP contribution in [0.25, 0.3) is 10.9 Å². The lowest BCUT2D eigenvalue weighted by molar-refractivity contribution is -0.154. The number of para-hydroxylation sites is 1. The van der Waals surface area contributed by atoms with Crippen molar-refractivity contribution >= 4 is 22.8 Å². The van der Waals surface area contributed by atoms with Crippen molar-refractivity contribution in [3.63, 3.8) is 0 Å². The number of carboxylic acid groups (broad SMARTS) is 1. The molecule has 1 fully saturated rings. The number of nitrogens with zero attached hydrogens (tertiary/aromatic N) is 1. The van der Waals surface area contributed by atoms with Crippen LogP contribution in [0.1, 0.15) is 23.2 Å². The Kier molecular flexibility index (Phi) is 5.58. The first-order chi connectivity index (χ1) is 12.6. The van der Waals surface area contributed by atoms with E-state index in [2.05, 4.69) is 5.32 Å². The molecule has 7 heteroatoms. The van der Waals surface area contributed by atoms with Crippen molar-refractivity contribution in [2.45, 2.75) is 19.4 Å². The third-order valence-corrected chi connectivity index (χ3v) is 5.06. The van der Waals surface area contributed by atoms with Gasteiger partial charge in [0.05, 0.1) is 17.6 Å². The lowest BCUT2D eigenvalue weighted by Gasteiger charge is -2.33. The van der Waals surface area contributed by atoms with Crippen molar-refractivity contribution in [3.05, 3.63) is 36.0 Å². The van der Waals surface area contributed by atoms with E-state index in [1.54, 1.807) is 13.3 Å². The van der Waals surface area contributed by atoms with Crippen LogP contribution in [0.15, 0.2) is 30.5 Å². The fourth-order valence-corrected chi connectivity index (χ4v) is 3.38. The van der Waals surface area contributed by atoms with E-state index < -0.39 is 11.4 Å². The monoisotopic (exact) mass is 360 g/mol. The van der Waals surface area contributed by atoms with Gasteiger partial charge in [0.15, 0.2) is 0 Å². The van der Waals surface area contributed by atoms with Gasteiger partial charge in [-0.05, 0) is 18.9 Å². The van der Waals surface area contributed by atoms with Gasteiger partial charge in [0.25, 0.3) is 5.91 Å². The van der Waals surface area contributed by atoms with Gasteiger partial charge in [-0.3, -0.25) is 9.59 Å². The summed E-state index contributed by atoms with van der Waals surface area (Å²) in [5, 5.41) is 13.3. The van der Waals surface area contributed by atoms with E-state index in [-0.39, 0.29) is 12.5 Å². The minimum atomic E-state index is -0.956. The largest absolute Gasteiger partial charge is 0.481 e. The molecule has 2 heterocycles. The summed E-state index contributed by atoms with van der Waals surface area (Å²) in [7, 11) is 1.64. The molecule has 0 unspecified atom stereocenters. The topological polar surface area (TPSA) is 89.8 Å². The van der Waals surface area contributed by atoms with Gasteiger partial charge in [0.2, 0.25) is 0 Å². The first-order valence-corrected chi connectivity index (χ1v) is 8.73. The quantitative estimate of drug-likeness (QED) is 0.787. The second-order valence-electron chi connectivity index (χ2n) is 6.63. The number of ether oxygens (including phenoxy) is 2. The first kappa shape index (κ1) is 18.4. The number of hydrogen-bond donors (Lipinski definition) is 2. The third-order valence-electron chi connectivity index (χ3n) is 5.06. The number of hydrogen-bond acceptors (Lipinski definition) is 4. The third kappa shape index (κ3) is 3.59. The number of benzene rings is 1. The Bertz CT molecular complexity index is 792. The van der Waals surface area contributed by atoms with E-state index in [1.807, 2.05) is 28.8 Å². The number of rotatable bonds is 7. The maximum Gasteiger partial charge on any atom is 0.311 e. The summed E-state index contributed by atoms with van der Waals surface area (Å²) >= 11 is 0. The number of carbonyl (C=O) groups is 2. The number of amides is 1. The lowest BCUT2D eigenvalue weighted by Crippen LogP contribution is -2.46. The Balaban J connectivity index is 1.80. The van der Waals surface area contributed by atoms with Crippen molar-refractivity contribution < 1.29 is 24.2 Å². The molecule has 0 atom stereocenters. The summed E-state index contributed by atoms with van der Waals surface area (Å²) in [5.41, 5.74) is 0.542. The van der Waals surface area contributed by atoms with Crippen LogP contribution in [0.4, 0.5) is 0 Å². The van der Waals surface area contributed by atoms with Crippen molar-refractivity contribution in [2.75, 3.05) is 33.5 Å². The molecule has 0 spiro atoms. The van der Waals surface area contributed by atoms with E-state index in [1.165, 1.54) is 0 Å². The van der Waals surface area contributed by atoms with Crippen LogP contribution in [0.3, 0.4) is 0 Å². The minimum absolute atomic E-state index is 0.0993. The molecule has 1 saturated heterocycles. The molecule has 0 radical (unpaired) electrons. The SMILES string of the molecule is COCCn1cc(C(=O)NCC2(C(=O)O)CCOCC2)c2ccccc21. The fraction of sp³-hybridized carbons (Fsp3) is 0.474. The predicted molar refractivity (Wildman–Crippen MR) is 96.3 cm³/mol. The Morgan fingerprint density at radius 1 is 1.31 bits per heavy atom. The van der Waals surface area contributed by atoms with Gasteiger partial charge < -0.3 is 24.5 Å². The van der Waals surface area contributed by atoms with Crippen molar-refractivity contribution in [1.82, 2.24) is 9.88 Å². The molecule has 0 aliphatic carbocycles. The van der Waals surface area contributed by atoms with Crippen LogP contribution in [0.5, 0.6) is 0 Å². The molecule has 1 amide bonds. The van der Waals surface area contributed by atoms with Crippen molar-refractivity contribution in [2.24, 2.45) is 5.41 Å². The van der Waals surface area contributed by atoms with Crippen molar-refractivity contribution in [3.8, 4) is 0 Å². The second kappa shape index (κ2) is 7.88. The highest BCUT2D eigenvalue weighted by atomic mass is 16.5. The number of aliphatic carboxylic acids is 1. The fourth-order valence-electron chi connectivity index (χ4n) is 3.38. The summed E-state index contributed by atoms with van der Waals surface area (Å²) in [5.74, 6) is -1.15. The van der Waals surface area contributed by atoms with E-state index in [9.17, 15) is 14.7 Å². The molecule has 2 N–H and O–H groups in total. The van der Waals surface area contributed by atoms with E-state index in [4.69, 9.17) is 9.47 Å². The number of carboxylic acids is 1. The Morgan fingerprint density at radius 3 is 2.73 bits per heavy atom. The molecular weight excluding hydrogens is 336 g/mol. The summed E-state index contributed by atoms with van der Waals surface area (Å²) < 4.78 is 12.4. The zero-order valence-corrected chi connectivity index (χ0v) is 14.9. The van der Waals surface area contributed by atoms with E-state index >= 15 is 0 Å². The number of nitrogens with one attached hydrogen (secondary N) is 1. The van der Waals surface area contributed by atoms with Gasteiger partial charge in [0, 0.05) is 50.5 Å². The number of methoxy groups -OCH3 is 1. The molecule has 1 aliphatic rings. The molecule has 0 saturated carbocycles. The van der Waals surface area contributed by atoms with Crippen LogP contribution in [-0.2, 0) is 20.8 Å². The van der Waals surface area contributed by atoms with Gasteiger partial charge in [0.1, 0.15) is 0 Å². The summed E-state index contributed by atoms with van der Waals surface area (Å²) in [4.78, 5) is 24.5. The van der Waals surface area contributed by atoms with E-state index in [0.717, 1.165) is 10.9 Å². The van der Waals surface area contributed by atoms with Crippen LogP contribution in [0.2, 0.25) is 0 Å². The average molecular weight is 360 g/mol. The van der Waals surface area contributed by atoms with Crippen molar-refractivity contribution in [1.29, 1.82) is 0 Å².